The molecule has 9 N–H and O–H groups in total. The molecule has 442 valence electrons. The van der Waals surface area contributed by atoms with E-state index in [2.05, 4.69) is 73.6 Å². The zero-order valence-corrected chi connectivity index (χ0v) is 48.9. The number of aryl methyl sites for hydroxylation is 2. The van der Waals surface area contributed by atoms with Crippen molar-refractivity contribution in [1.82, 2.24) is 31.5 Å². The molecule has 5 aromatic carbocycles. The van der Waals surface area contributed by atoms with Gasteiger partial charge in [0.05, 0.1) is 36.8 Å². The van der Waals surface area contributed by atoms with Gasteiger partial charge in [0.1, 0.15) is 23.6 Å². The molecule has 1 aromatic heterocycles. The molecule has 2 fully saturated rings. The first kappa shape index (κ1) is 62.9. The SMILES string of the molecule is COc1ccc(NNC(=O)C2CCC(C(=O)NC(Cc3ccc(-c4c(C)cccc4C)cc3)C(=O)O)CC2)cc1.COc1ccc(NNC(=O)C2CCC(C(=O)NC(Cc3ccc(NC(=O)c4nc(SC)ncc4Cl)cc3)C(=O)O)CC2)cc1. The fourth-order valence-electron chi connectivity index (χ4n) is 10.1. The van der Waals surface area contributed by atoms with Gasteiger partial charge in [0, 0.05) is 42.2 Å². The van der Waals surface area contributed by atoms with Gasteiger partial charge in [0.15, 0.2) is 10.9 Å². The summed E-state index contributed by atoms with van der Waals surface area (Å²) in [7, 11) is 3.17. The maximum atomic E-state index is 13.0. The van der Waals surface area contributed by atoms with Crippen LogP contribution in [0.4, 0.5) is 17.1 Å². The van der Waals surface area contributed by atoms with E-state index in [1.807, 2.05) is 30.3 Å². The summed E-state index contributed by atoms with van der Waals surface area (Å²) >= 11 is 7.36. The Kier molecular flexibility index (Phi) is 22.9. The number of ether oxygens (including phenoxy) is 2. The molecule has 1 heterocycles. The van der Waals surface area contributed by atoms with E-state index >= 15 is 0 Å². The number of benzene rings is 5. The van der Waals surface area contributed by atoms with Crippen molar-refractivity contribution in [1.29, 1.82) is 0 Å². The first-order chi connectivity index (χ1) is 40.4. The lowest BCUT2D eigenvalue weighted by Crippen LogP contribution is -2.46. The van der Waals surface area contributed by atoms with Crippen LogP contribution in [0.15, 0.2) is 127 Å². The zero-order chi connectivity index (χ0) is 60.3. The van der Waals surface area contributed by atoms with Crippen molar-refractivity contribution in [3.63, 3.8) is 0 Å². The van der Waals surface area contributed by atoms with Crippen LogP contribution in [-0.2, 0) is 41.6 Å². The van der Waals surface area contributed by atoms with Crippen molar-refractivity contribution in [2.75, 3.05) is 36.6 Å². The molecular weight excluding hydrogens is 1110 g/mol. The Hall–Kier alpha value is -8.69. The number of hydrazine groups is 2. The molecule has 0 saturated heterocycles. The molecule has 20 nitrogen and oxygen atoms in total. The highest BCUT2D eigenvalue weighted by Gasteiger charge is 2.34. The van der Waals surface area contributed by atoms with Crippen molar-refractivity contribution in [3.8, 4) is 22.6 Å². The number of nitrogens with zero attached hydrogens (tertiary/aromatic N) is 2. The fourth-order valence-corrected chi connectivity index (χ4v) is 10.6. The Bertz CT molecular complexity index is 3230. The van der Waals surface area contributed by atoms with Gasteiger partial charge in [-0.2, -0.15) is 0 Å². The third-order valence-electron chi connectivity index (χ3n) is 14.9. The van der Waals surface area contributed by atoms with Crippen LogP contribution in [-0.4, -0.2) is 94.2 Å². The minimum absolute atomic E-state index is 0.0450. The second-order valence-corrected chi connectivity index (χ2v) is 21.8. The molecule has 84 heavy (non-hydrogen) atoms. The summed E-state index contributed by atoms with van der Waals surface area (Å²) in [5.74, 6) is -3.34. The van der Waals surface area contributed by atoms with E-state index in [-0.39, 0.29) is 70.9 Å². The number of aliphatic carboxylic acids is 2. The number of nitrogens with one attached hydrogen (secondary N) is 7. The number of hydrogen-bond donors (Lipinski definition) is 9. The third-order valence-corrected chi connectivity index (χ3v) is 15.8. The molecule has 2 atom stereocenters. The number of aromatic nitrogens is 2. The summed E-state index contributed by atoms with van der Waals surface area (Å²) in [6.45, 7) is 4.15. The lowest BCUT2D eigenvalue weighted by Gasteiger charge is -2.28. The fraction of sp³-hybridized carbons (Fsp3) is 0.339. The number of halogens is 1. The van der Waals surface area contributed by atoms with Crippen LogP contribution in [0.25, 0.3) is 11.1 Å². The molecule has 2 aliphatic rings. The monoisotopic (exact) mass is 1180 g/mol. The molecule has 2 saturated carbocycles. The molecular formula is C62H70ClN9O11S. The predicted octanol–water partition coefficient (Wildman–Crippen LogP) is 9.22. The first-order valence-corrected chi connectivity index (χ1v) is 29.1. The van der Waals surface area contributed by atoms with Crippen molar-refractivity contribution < 1.29 is 53.2 Å². The highest BCUT2D eigenvalue weighted by Crippen LogP contribution is 2.32. The number of thioether (sulfide) groups is 1. The molecule has 8 rings (SSSR count). The minimum atomic E-state index is -1.16. The standard InChI is InChI=1S/C32H37N3O5.C30H33ClN6O6S/c1-20-5-4-6-21(2)29(20)23-9-7-22(8-10-23)19-28(32(38)39)33-30(36)24-11-13-25(14-12-24)31(37)35-34-26-15-17-27(40-3)18-16-26;1-43-22-13-11-21(12-14-22)36-37-27(39)19-7-5-18(6-8-19)26(38)34-24(29(41)42)15-17-3-9-20(10-4-17)33-28(40)25-23(31)16-32-30(35-25)44-2/h4-10,15-18,24-25,28,34H,11-14,19H2,1-3H3,(H,33,36)(H,35,37)(H,38,39);3-4,9-14,16,18-19,24,36H,5-8,15H2,1-2H3,(H,33,40)(H,34,38)(H,37,39)(H,41,42). The first-order valence-electron chi connectivity index (χ1n) is 27.5. The zero-order valence-electron chi connectivity index (χ0n) is 47.3. The summed E-state index contributed by atoms with van der Waals surface area (Å²) in [6, 6.07) is 32.8. The van der Waals surface area contributed by atoms with Gasteiger partial charge in [-0.25, -0.2) is 19.6 Å². The Morgan fingerprint density at radius 3 is 1.36 bits per heavy atom. The Morgan fingerprint density at radius 2 is 0.964 bits per heavy atom. The van der Waals surface area contributed by atoms with Gasteiger partial charge >= 0.3 is 11.9 Å². The molecule has 0 spiro atoms. The Labute approximate surface area is 497 Å². The highest BCUT2D eigenvalue weighted by molar-refractivity contribution is 7.98. The normalized spacial score (nSPS) is 17.0. The van der Waals surface area contributed by atoms with Crippen molar-refractivity contribution in [2.24, 2.45) is 23.7 Å². The van der Waals surface area contributed by atoms with E-state index in [1.54, 1.807) is 93.3 Å². The smallest absolute Gasteiger partial charge is 0.326 e. The molecule has 22 heteroatoms. The number of carbonyl (C=O) groups is 7. The summed E-state index contributed by atoms with van der Waals surface area (Å²) in [5, 5.41) is 28.2. The summed E-state index contributed by atoms with van der Waals surface area (Å²) in [4.78, 5) is 95.9. The van der Waals surface area contributed by atoms with E-state index in [1.165, 1.54) is 34.6 Å². The average Bonchev–Trinajstić information content (AvgIpc) is 3.56. The maximum absolute atomic E-state index is 13.0. The number of hydrogen-bond acceptors (Lipinski definition) is 14. The van der Waals surface area contributed by atoms with Gasteiger partial charge < -0.3 is 35.6 Å². The number of carboxylic acids is 2. The molecule has 0 bridgehead atoms. The molecule has 2 unspecified atom stereocenters. The number of methoxy groups -OCH3 is 2. The second-order valence-electron chi connectivity index (χ2n) is 20.7. The quantitative estimate of drug-likeness (QED) is 0.0174. The van der Waals surface area contributed by atoms with Crippen molar-refractivity contribution >= 4 is 81.9 Å². The molecule has 0 aliphatic heterocycles. The number of amides is 5. The second kappa shape index (κ2) is 30.6. The van der Waals surface area contributed by atoms with Gasteiger partial charge in [-0.3, -0.25) is 45.7 Å². The molecule has 0 radical (unpaired) electrons. The topological polar surface area (TPSA) is 288 Å². The average molecular weight is 1180 g/mol. The molecule has 6 aromatic rings. The van der Waals surface area contributed by atoms with Gasteiger partial charge in [-0.15, -0.1) is 0 Å². The lowest BCUT2D eigenvalue weighted by atomic mass is 9.81. The maximum Gasteiger partial charge on any atom is 0.326 e. The van der Waals surface area contributed by atoms with Gasteiger partial charge in [0.25, 0.3) is 5.91 Å². The minimum Gasteiger partial charge on any atom is -0.497 e. The Morgan fingerprint density at radius 1 is 0.571 bits per heavy atom. The molecule has 2 aliphatic carbocycles. The lowest BCUT2D eigenvalue weighted by molar-refractivity contribution is -0.143. The number of carbonyl (C=O) groups excluding carboxylic acids is 5. The van der Waals surface area contributed by atoms with Crippen LogP contribution < -0.4 is 47.1 Å². The van der Waals surface area contributed by atoms with Crippen LogP contribution in [0.1, 0.15) is 84.1 Å². The van der Waals surface area contributed by atoms with Gasteiger partial charge in [-0.05, 0) is 166 Å². The van der Waals surface area contributed by atoms with Gasteiger partial charge in [0.2, 0.25) is 23.6 Å². The molecule has 5 amide bonds. The van der Waals surface area contributed by atoms with E-state index in [0.29, 0.717) is 79.2 Å². The van der Waals surface area contributed by atoms with Gasteiger partial charge in [-0.1, -0.05) is 78.0 Å². The number of carboxylic acid groups (broad SMARTS) is 2. The number of rotatable bonds is 22. The van der Waals surface area contributed by atoms with Crippen molar-refractivity contribution in [3.05, 3.63) is 154 Å². The van der Waals surface area contributed by atoms with E-state index in [4.69, 9.17) is 21.1 Å². The number of anilines is 3. The summed E-state index contributed by atoms with van der Waals surface area (Å²) in [5.41, 5.74) is 19.3. The summed E-state index contributed by atoms with van der Waals surface area (Å²) in [6.07, 6.45) is 7.56. The predicted molar refractivity (Wildman–Crippen MR) is 322 cm³/mol. The third kappa shape index (κ3) is 17.9. The van der Waals surface area contributed by atoms with Crippen LogP contribution in [0.5, 0.6) is 11.5 Å². The summed E-state index contributed by atoms with van der Waals surface area (Å²) < 4.78 is 10.3. The van der Waals surface area contributed by atoms with Crippen LogP contribution in [0.3, 0.4) is 0 Å². The van der Waals surface area contributed by atoms with Crippen LogP contribution >= 0.6 is 23.4 Å². The van der Waals surface area contributed by atoms with Crippen LogP contribution in [0, 0.1) is 37.5 Å². The van der Waals surface area contributed by atoms with E-state index in [9.17, 15) is 43.8 Å². The highest BCUT2D eigenvalue weighted by atomic mass is 35.5. The van der Waals surface area contributed by atoms with E-state index in [0.717, 1.165) is 22.6 Å². The van der Waals surface area contributed by atoms with Crippen LogP contribution in [0.2, 0.25) is 5.02 Å². The van der Waals surface area contributed by atoms with Crippen molar-refractivity contribution in [2.45, 2.75) is 95.3 Å². The Balaban J connectivity index is 0.000000242. The van der Waals surface area contributed by atoms with E-state index < -0.39 is 29.9 Å². The largest absolute Gasteiger partial charge is 0.497 e.